The second-order valence-corrected chi connectivity index (χ2v) is 6.81. The summed E-state index contributed by atoms with van der Waals surface area (Å²) in [4.78, 5) is 0. The summed E-state index contributed by atoms with van der Waals surface area (Å²) in [5.41, 5.74) is 2.70. The SMILES string of the molecule is O=S(=O)(/C=C/c1ccccc1)NCCn1cc(-c2ccoc2)cn1. The molecule has 0 fully saturated rings. The fourth-order valence-electron chi connectivity index (χ4n) is 2.15. The van der Waals surface area contributed by atoms with Crippen molar-refractivity contribution in [1.82, 2.24) is 14.5 Å². The topological polar surface area (TPSA) is 77.1 Å². The van der Waals surface area contributed by atoms with Crippen LogP contribution in [0.25, 0.3) is 17.2 Å². The lowest BCUT2D eigenvalue weighted by Gasteiger charge is -2.03. The number of benzene rings is 1. The number of hydrogen-bond acceptors (Lipinski definition) is 4. The molecule has 0 aliphatic carbocycles. The quantitative estimate of drug-likeness (QED) is 0.715. The van der Waals surface area contributed by atoms with Crippen LogP contribution in [0.1, 0.15) is 5.56 Å². The minimum atomic E-state index is -3.47. The first-order valence-corrected chi connectivity index (χ1v) is 8.95. The van der Waals surface area contributed by atoms with Crippen LogP contribution < -0.4 is 4.72 Å². The zero-order chi connectivity index (χ0) is 16.8. The molecule has 1 N–H and O–H groups in total. The maximum Gasteiger partial charge on any atom is 0.233 e. The Hall–Kier alpha value is -2.64. The van der Waals surface area contributed by atoms with E-state index in [9.17, 15) is 8.42 Å². The molecule has 0 saturated heterocycles. The van der Waals surface area contributed by atoms with E-state index in [1.165, 1.54) is 5.41 Å². The molecule has 0 aliphatic heterocycles. The summed E-state index contributed by atoms with van der Waals surface area (Å²) < 4.78 is 33.1. The Morgan fingerprint density at radius 3 is 2.75 bits per heavy atom. The van der Waals surface area contributed by atoms with Crippen LogP contribution in [0.3, 0.4) is 0 Å². The van der Waals surface area contributed by atoms with Gasteiger partial charge in [0.25, 0.3) is 0 Å². The molecule has 124 valence electrons. The first kappa shape index (κ1) is 16.2. The first-order chi connectivity index (χ1) is 11.6. The second kappa shape index (κ2) is 7.29. The van der Waals surface area contributed by atoms with Crippen LogP contribution in [0, 0.1) is 0 Å². The summed E-state index contributed by atoms with van der Waals surface area (Å²) in [6.45, 7) is 0.699. The molecule has 0 spiro atoms. The van der Waals surface area contributed by atoms with Crippen molar-refractivity contribution in [3.8, 4) is 11.1 Å². The maximum atomic E-state index is 11.9. The van der Waals surface area contributed by atoms with E-state index in [1.807, 2.05) is 42.6 Å². The number of furan rings is 1. The fourth-order valence-corrected chi connectivity index (χ4v) is 2.95. The van der Waals surface area contributed by atoms with Crippen LogP contribution in [0.15, 0.2) is 71.1 Å². The largest absolute Gasteiger partial charge is 0.472 e. The first-order valence-electron chi connectivity index (χ1n) is 7.40. The molecule has 3 aromatic rings. The smallest absolute Gasteiger partial charge is 0.233 e. The molecule has 0 bridgehead atoms. The Morgan fingerprint density at radius 1 is 1.17 bits per heavy atom. The van der Waals surface area contributed by atoms with E-state index >= 15 is 0 Å². The van der Waals surface area contributed by atoms with Gasteiger partial charge in [0.05, 0.1) is 25.3 Å². The average Bonchev–Trinajstić information content (AvgIpc) is 3.25. The Labute approximate surface area is 140 Å². The van der Waals surface area contributed by atoms with Crippen molar-refractivity contribution in [2.24, 2.45) is 0 Å². The molecule has 24 heavy (non-hydrogen) atoms. The third kappa shape index (κ3) is 4.43. The van der Waals surface area contributed by atoms with Crippen LogP contribution in [-0.2, 0) is 16.6 Å². The molecule has 1 aromatic carbocycles. The predicted octanol–water partition coefficient (Wildman–Crippen LogP) is 2.73. The molecule has 0 radical (unpaired) electrons. The van der Waals surface area contributed by atoms with Gasteiger partial charge in [-0.1, -0.05) is 30.3 Å². The van der Waals surface area contributed by atoms with Gasteiger partial charge in [-0.05, 0) is 17.7 Å². The minimum absolute atomic E-state index is 0.258. The predicted molar refractivity (Wildman–Crippen MR) is 92.3 cm³/mol. The lowest BCUT2D eigenvalue weighted by atomic mass is 10.2. The Morgan fingerprint density at radius 2 is 2.00 bits per heavy atom. The van der Waals surface area contributed by atoms with E-state index in [-0.39, 0.29) is 6.54 Å². The van der Waals surface area contributed by atoms with Crippen LogP contribution >= 0.6 is 0 Å². The van der Waals surface area contributed by atoms with Crippen LogP contribution in [0.4, 0.5) is 0 Å². The van der Waals surface area contributed by atoms with Crippen molar-refractivity contribution in [2.75, 3.05) is 6.54 Å². The van der Waals surface area contributed by atoms with Crippen LogP contribution in [0.5, 0.6) is 0 Å². The Balaban J connectivity index is 1.53. The van der Waals surface area contributed by atoms with Crippen LogP contribution in [-0.4, -0.2) is 24.7 Å². The molecule has 2 aromatic heterocycles. The summed E-state index contributed by atoms with van der Waals surface area (Å²) in [7, 11) is -3.47. The molecular formula is C17H17N3O3S. The number of nitrogens with zero attached hydrogens (tertiary/aromatic N) is 2. The lowest BCUT2D eigenvalue weighted by molar-refractivity contribution is 0.568. The van der Waals surface area contributed by atoms with Gasteiger partial charge >= 0.3 is 0 Å². The van der Waals surface area contributed by atoms with Crippen LogP contribution in [0.2, 0.25) is 0 Å². The highest BCUT2D eigenvalue weighted by Crippen LogP contribution is 2.18. The molecule has 0 aliphatic rings. The van der Waals surface area contributed by atoms with Gasteiger partial charge in [-0.2, -0.15) is 5.10 Å². The highest BCUT2D eigenvalue weighted by atomic mass is 32.2. The minimum Gasteiger partial charge on any atom is -0.472 e. The summed E-state index contributed by atoms with van der Waals surface area (Å²) in [5, 5.41) is 5.38. The molecule has 0 unspecified atom stereocenters. The zero-order valence-corrected chi connectivity index (χ0v) is 13.7. The molecule has 6 nitrogen and oxygen atoms in total. The maximum absolute atomic E-state index is 11.9. The molecule has 7 heteroatoms. The summed E-state index contributed by atoms with van der Waals surface area (Å²) in [6, 6.07) is 11.1. The number of aromatic nitrogens is 2. The monoisotopic (exact) mass is 343 g/mol. The van der Waals surface area contributed by atoms with Crippen molar-refractivity contribution in [3.05, 3.63) is 72.3 Å². The molecular weight excluding hydrogens is 326 g/mol. The zero-order valence-electron chi connectivity index (χ0n) is 12.9. The van der Waals surface area contributed by atoms with E-state index in [1.54, 1.807) is 29.5 Å². The lowest BCUT2D eigenvalue weighted by Crippen LogP contribution is -2.25. The molecule has 0 atom stereocenters. The normalized spacial score (nSPS) is 12.0. The van der Waals surface area contributed by atoms with E-state index in [4.69, 9.17) is 4.42 Å². The Kier molecular flexibility index (Phi) is 4.93. The molecule has 3 rings (SSSR count). The van der Waals surface area contributed by atoms with E-state index < -0.39 is 10.0 Å². The molecule has 0 saturated carbocycles. The van der Waals surface area contributed by atoms with Crippen molar-refractivity contribution in [2.45, 2.75) is 6.54 Å². The van der Waals surface area contributed by atoms with E-state index in [0.29, 0.717) is 6.54 Å². The molecule has 0 amide bonds. The fraction of sp³-hybridized carbons (Fsp3) is 0.118. The summed E-state index contributed by atoms with van der Waals surface area (Å²) in [5.74, 6) is 0. The second-order valence-electron chi connectivity index (χ2n) is 5.16. The Bertz CT molecular complexity index is 898. The van der Waals surface area contributed by atoms with E-state index in [0.717, 1.165) is 16.7 Å². The summed E-state index contributed by atoms with van der Waals surface area (Å²) in [6.07, 6.45) is 8.36. The van der Waals surface area contributed by atoms with Gasteiger partial charge in [-0.3, -0.25) is 4.68 Å². The van der Waals surface area contributed by atoms with Crippen molar-refractivity contribution < 1.29 is 12.8 Å². The highest BCUT2D eigenvalue weighted by Gasteiger charge is 2.06. The highest BCUT2D eigenvalue weighted by molar-refractivity contribution is 7.92. The van der Waals surface area contributed by atoms with Gasteiger partial charge in [-0.15, -0.1) is 0 Å². The number of hydrogen-bond donors (Lipinski definition) is 1. The standard InChI is InChI=1S/C17H17N3O3S/c21-24(22,11-7-15-4-2-1-3-5-15)19-8-9-20-13-17(12-18-20)16-6-10-23-14-16/h1-7,10-14,19H,8-9H2/b11-7+. The van der Waals surface area contributed by atoms with Gasteiger partial charge in [0, 0.05) is 29.3 Å². The van der Waals surface area contributed by atoms with Gasteiger partial charge in [0.2, 0.25) is 10.0 Å². The van der Waals surface area contributed by atoms with E-state index in [2.05, 4.69) is 9.82 Å². The molecule has 2 heterocycles. The van der Waals surface area contributed by atoms with Crippen molar-refractivity contribution in [1.29, 1.82) is 0 Å². The average molecular weight is 343 g/mol. The number of sulfonamides is 1. The third-order valence-corrected chi connectivity index (χ3v) is 4.47. The van der Waals surface area contributed by atoms with Gasteiger partial charge in [0.15, 0.2) is 0 Å². The van der Waals surface area contributed by atoms with Crippen molar-refractivity contribution in [3.63, 3.8) is 0 Å². The van der Waals surface area contributed by atoms with Crippen molar-refractivity contribution >= 4 is 16.1 Å². The number of nitrogens with one attached hydrogen (secondary N) is 1. The third-order valence-electron chi connectivity index (χ3n) is 3.37. The number of rotatable bonds is 7. The van der Waals surface area contributed by atoms with Gasteiger partial charge in [0.1, 0.15) is 0 Å². The summed E-state index contributed by atoms with van der Waals surface area (Å²) >= 11 is 0. The van der Waals surface area contributed by atoms with Gasteiger partial charge < -0.3 is 4.42 Å². The van der Waals surface area contributed by atoms with Gasteiger partial charge in [-0.25, -0.2) is 13.1 Å².